The molecule has 2 aliphatic rings. The van der Waals surface area contributed by atoms with Crippen LogP contribution >= 0.6 is 11.8 Å². The second-order valence-electron chi connectivity index (χ2n) is 7.36. The van der Waals surface area contributed by atoms with E-state index in [2.05, 4.69) is 15.4 Å². The summed E-state index contributed by atoms with van der Waals surface area (Å²) in [7, 11) is 0. The van der Waals surface area contributed by atoms with Gasteiger partial charge in [-0.3, -0.25) is 14.9 Å². The lowest BCUT2D eigenvalue weighted by atomic mass is 10.1. The quantitative estimate of drug-likeness (QED) is 0.719. The van der Waals surface area contributed by atoms with Crippen LogP contribution in [0.5, 0.6) is 0 Å². The van der Waals surface area contributed by atoms with Crippen molar-refractivity contribution in [2.45, 2.75) is 12.8 Å². The Kier molecular flexibility index (Phi) is 4.71. The topological polar surface area (TPSA) is 79.6 Å². The molecule has 1 aliphatic heterocycles. The predicted octanol–water partition coefficient (Wildman–Crippen LogP) is 2.93. The van der Waals surface area contributed by atoms with E-state index >= 15 is 0 Å². The van der Waals surface area contributed by atoms with E-state index in [1.165, 1.54) is 0 Å². The number of hydrogen-bond acceptors (Lipinski definition) is 5. The summed E-state index contributed by atoms with van der Waals surface area (Å²) in [6, 6.07) is 13.3. The van der Waals surface area contributed by atoms with E-state index < -0.39 is 0 Å². The van der Waals surface area contributed by atoms with E-state index in [0.29, 0.717) is 17.2 Å². The van der Waals surface area contributed by atoms with E-state index in [0.717, 1.165) is 48.7 Å². The average molecular weight is 407 g/mol. The molecule has 3 heterocycles. The van der Waals surface area contributed by atoms with Gasteiger partial charge >= 0.3 is 0 Å². The van der Waals surface area contributed by atoms with Gasteiger partial charge in [0.15, 0.2) is 5.65 Å². The molecule has 0 spiro atoms. The lowest BCUT2D eigenvalue weighted by molar-refractivity contribution is -0.117. The molecule has 5 rings (SSSR count). The van der Waals surface area contributed by atoms with Crippen LogP contribution < -0.4 is 5.32 Å². The smallest absolute Gasteiger partial charge is 0.253 e. The summed E-state index contributed by atoms with van der Waals surface area (Å²) in [5.41, 5.74) is 3.16. The van der Waals surface area contributed by atoms with Gasteiger partial charge < -0.3 is 4.90 Å². The maximum absolute atomic E-state index is 12.7. The molecule has 2 amide bonds. The molecule has 2 aromatic heterocycles. The van der Waals surface area contributed by atoms with Crippen molar-refractivity contribution >= 4 is 35.2 Å². The third-order valence-corrected chi connectivity index (χ3v) is 6.21. The van der Waals surface area contributed by atoms with Crippen molar-refractivity contribution in [3.63, 3.8) is 0 Å². The number of nitrogens with one attached hydrogen (secondary N) is 1. The maximum atomic E-state index is 12.7. The van der Waals surface area contributed by atoms with Crippen molar-refractivity contribution in [2.75, 3.05) is 29.9 Å². The van der Waals surface area contributed by atoms with Crippen LogP contribution in [0.2, 0.25) is 0 Å². The van der Waals surface area contributed by atoms with Gasteiger partial charge in [-0.15, -0.1) is 5.10 Å². The molecule has 148 valence electrons. The fourth-order valence-corrected chi connectivity index (χ4v) is 4.37. The number of nitrogens with zero attached hydrogens (tertiary/aromatic N) is 4. The number of hydrogen-bond donors (Lipinski definition) is 1. The molecular formula is C21H21N5O2S. The van der Waals surface area contributed by atoms with Crippen LogP contribution in [0.3, 0.4) is 0 Å². The Bertz CT molecular complexity index is 1070. The molecule has 29 heavy (non-hydrogen) atoms. The fraction of sp³-hybridized carbons (Fsp3) is 0.333. The summed E-state index contributed by atoms with van der Waals surface area (Å²) in [6.45, 7) is 1.61. The number of aromatic nitrogens is 3. The number of pyridine rings is 1. The minimum Gasteiger partial charge on any atom is -0.337 e. The third kappa shape index (κ3) is 3.72. The number of fused-ring (bicyclic) bond motifs is 1. The Balaban J connectivity index is 1.40. The molecule has 0 atom stereocenters. The standard InChI is InChI=1S/C21H21N5O2S/c27-19(15-6-7-15)23-21-22-18-3-1-2-17(26(18)24-21)14-4-8-16(9-5-14)20(28)25-10-12-29-13-11-25/h1-5,8-9,15H,6-7,10-13H2,(H,23,24,27). The van der Waals surface area contributed by atoms with Gasteiger partial charge in [0.2, 0.25) is 11.9 Å². The molecule has 8 heteroatoms. The number of rotatable bonds is 4. The van der Waals surface area contributed by atoms with Gasteiger partial charge in [-0.2, -0.15) is 16.7 Å². The summed E-state index contributed by atoms with van der Waals surface area (Å²) >= 11 is 1.89. The molecule has 0 unspecified atom stereocenters. The summed E-state index contributed by atoms with van der Waals surface area (Å²) in [5.74, 6) is 2.49. The monoisotopic (exact) mass is 407 g/mol. The van der Waals surface area contributed by atoms with Crippen molar-refractivity contribution in [1.82, 2.24) is 19.5 Å². The third-order valence-electron chi connectivity index (χ3n) is 5.27. The largest absolute Gasteiger partial charge is 0.337 e. The van der Waals surface area contributed by atoms with Crippen LogP contribution in [0.1, 0.15) is 23.2 Å². The van der Waals surface area contributed by atoms with Gasteiger partial charge in [-0.25, -0.2) is 4.52 Å². The van der Waals surface area contributed by atoms with E-state index in [-0.39, 0.29) is 17.7 Å². The van der Waals surface area contributed by atoms with Crippen LogP contribution in [-0.4, -0.2) is 55.9 Å². The zero-order valence-corrected chi connectivity index (χ0v) is 16.7. The van der Waals surface area contributed by atoms with Crippen LogP contribution in [0, 0.1) is 5.92 Å². The van der Waals surface area contributed by atoms with Crippen LogP contribution in [-0.2, 0) is 4.79 Å². The number of carbonyl (C=O) groups excluding carboxylic acids is 2. The Morgan fingerprint density at radius 1 is 1.03 bits per heavy atom. The van der Waals surface area contributed by atoms with E-state index in [9.17, 15) is 9.59 Å². The van der Waals surface area contributed by atoms with E-state index in [1.54, 1.807) is 4.52 Å². The van der Waals surface area contributed by atoms with Gasteiger partial charge in [0.25, 0.3) is 5.91 Å². The van der Waals surface area contributed by atoms with Crippen molar-refractivity contribution in [1.29, 1.82) is 0 Å². The molecule has 7 nitrogen and oxygen atoms in total. The number of benzene rings is 1. The Hall–Kier alpha value is -2.87. The van der Waals surface area contributed by atoms with Crippen LogP contribution in [0.15, 0.2) is 42.5 Å². The first-order valence-electron chi connectivity index (χ1n) is 9.83. The van der Waals surface area contributed by atoms with Gasteiger partial charge in [-0.05, 0) is 37.1 Å². The number of anilines is 1. The highest BCUT2D eigenvalue weighted by Gasteiger charge is 2.30. The SMILES string of the molecule is O=C(Nc1nc2cccc(-c3ccc(C(=O)N4CCSCC4)cc3)n2n1)C1CC1. The lowest BCUT2D eigenvalue weighted by Crippen LogP contribution is -2.37. The van der Waals surface area contributed by atoms with Crippen molar-refractivity contribution in [3.05, 3.63) is 48.0 Å². The highest BCUT2D eigenvalue weighted by Crippen LogP contribution is 2.30. The van der Waals surface area contributed by atoms with Gasteiger partial charge in [0.1, 0.15) is 0 Å². The molecule has 1 N–H and O–H groups in total. The van der Waals surface area contributed by atoms with Gasteiger partial charge in [0.05, 0.1) is 5.69 Å². The molecule has 1 aliphatic carbocycles. The molecule has 2 fully saturated rings. The van der Waals surface area contributed by atoms with Crippen LogP contribution in [0.25, 0.3) is 16.9 Å². The van der Waals surface area contributed by atoms with Gasteiger partial charge in [-0.1, -0.05) is 18.2 Å². The highest BCUT2D eigenvalue weighted by molar-refractivity contribution is 7.99. The summed E-state index contributed by atoms with van der Waals surface area (Å²) in [4.78, 5) is 31.0. The van der Waals surface area contributed by atoms with E-state index in [1.807, 2.05) is 59.1 Å². The second kappa shape index (κ2) is 7.51. The normalized spacial score (nSPS) is 16.8. The number of amides is 2. The molecule has 0 radical (unpaired) electrons. The molecule has 1 saturated heterocycles. The Labute approximate surface area is 172 Å². The molecule has 1 saturated carbocycles. The predicted molar refractivity (Wildman–Crippen MR) is 113 cm³/mol. The first-order chi connectivity index (χ1) is 14.2. The minimum absolute atomic E-state index is 0.0126. The summed E-state index contributed by atoms with van der Waals surface area (Å²) in [5, 5.41) is 7.26. The van der Waals surface area contributed by atoms with Gasteiger partial charge in [0, 0.05) is 41.6 Å². The highest BCUT2D eigenvalue weighted by atomic mass is 32.2. The van der Waals surface area contributed by atoms with E-state index in [4.69, 9.17) is 0 Å². The molecule has 0 bridgehead atoms. The zero-order chi connectivity index (χ0) is 19.8. The van der Waals surface area contributed by atoms with Crippen LogP contribution in [0.4, 0.5) is 5.95 Å². The molecule has 3 aromatic rings. The average Bonchev–Trinajstić information content (AvgIpc) is 3.54. The Morgan fingerprint density at radius 3 is 2.52 bits per heavy atom. The lowest BCUT2D eigenvalue weighted by Gasteiger charge is -2.26. The summed E-state index contributed by atoms with van der Waals surface area (Å²) in [6.07, 6.45) is 1.87. The minimum atomic E-state index is -0.0126. The number of carbonyl (C=O) groups is 2. The van der Waals surface area contributed by atoms with Crippen molar-refractivity contribution in [3.8, 4) is 11.3 Å². The molecule has 1 aromatic carbocycles. The second-order valence-corrected chi connectivity index (χ2v) is 8.59. The molecular weight excluding hydrogens is 386 g/mol. The summed E-state index contributed by atoms with van der Waals surface area (Å²) < 4.78 is 1.72. The Morgan fingerprint density at radius 2 is 1.79 bits per heavy atom. The zero-order valence-electron chi connectivity index (χ0n) is 15.9. The first-order valence-corrected chi connectivity index (χ1v) is 11.0. The first kappa shape index (κ1) is 18.2. The maximum Gasteiger partial charge on any atom is 0.253 e. The van der Waals surface area contributed by atoms with Crippen molar-refractivity contribution in [2.24, 2.45) is 5.92 Å². The number of thioether (sulfide) groups is 1. The fourth-order valence-electron chi connectivity index (χ4n) is 3.47. The van der Waals surface area contributed by atoms with Crippen molar-refractivity contribution < 1.29 is 9.59 Å².